The Labute approximate surface area is 169 Å². The minimum atomic E-state index is -0.133. The van der Waals surface area contributed by atoms with Gasteiger partial charge in [0, 0.05) is 6.54 Å². The number of ether oxygens (including phenoxy) is 2. The summed E-state index contributed by atoms with van der Waals surface area (Å²) in [6.45, 7) is 3.92. The first-order chi connectivity index (χ1) is 12.9. The van der Waals surface area contributed by atoms with E-state index in [9.17, 15) is 4.79 Å². The van der Waals surface area contributed by atoms with Gasteiger partial charge in [0.2, 0.25) is 5.91 Å². The number of fused-ring (bicyclic) bond motifs is 1. The quantitative estimate of drug-likeness (QED) is 0.782. The molecular weight excluding hydrogens is 387 g/mol. The fourth-order valence-corrected chi connectivity index (χ4v) is 3.27. The number of hydrogen-bond donors (Lipinski definition) is 1. The summed E-state index contributed by atoms with van der Waals surface area (Å²) in [6, 6.07) is 11.1. The second kappa shape index (κ2) is 8.83. The third-order valence-electron chi connectivity index (χ3n) is 4.29. The molecule has 5 nitrogen and oxygen atoms in total. The summed E-state index contributed by atoms with van der Waals surface area (Å²) in [5.41, 5.74) is 1.97. The molecule has 0 aliphatic carbocycles. The van der Waals surface area contributed by atoms with E-state index in [4.69, 9.17) is 32.7 Å². The molecule has 0 saturated heterocycles. The highest BCUT2D eigenvalue weighted by molar-refractivity contribution is 6.42. The molecule has 0 radical (unpaired) electrons. The highest BCUT2D eigenvalue weighted by Gasteiger charge is 2.16. The maximum atomic E-state index is 12.4. The van der Waals surface area contributed by atoms with Gasteiger partial charge in [0.25, 0.3) is 0 Å². The van der Waals surface area contributed by atoms with Gasteiger partial charge in [0.15, 0.2) is 11.5 Å². The number of rotatable bonds is 6. The molecule has 1 N–H and O–H groups in total. The Balaban J connectivity index is 1.54. The minimum absolute atomic E-state index is 0.0556. The molecule has 1 heterocycles. The summed E-state index contributed by atoms with van der Waals surface area (Å²) >= 11 is 12.0. The van der Waals surface area contributed by atoms with E-state index in [-0.39, 0.29) is 18.5 Å². The Hall–Kier alpha value is -1.95. The van der Waals surface area contributed by atoms with Crippen LogP contribution in [-0.4, -0.2) is 37.6 Å². The van der Waals surface area contributed by atoms with Crippen LogP contribution < -0.4 is 14.8 Å². The van der Waals surface area contributed by atoms with Crippen LogP contribution in [0.15, 0.2) is 36.4 Å². The number of nitrogens with one attached hydrogen (secondary N) is 1. The Kier molecular flexibility index (Phi) is 6.47. The molecular formula is C20H22Cl2N2O3. The molecule has 0 fully saturated rings. The Bertz CT molecular complexity index is 829. The highest BCUT2D eigenvalue weighted by Crippen LogP contribution is 2.32. The number of likely N-dealkylation sites (N-methyl/N-ethyl adjacent to an activating group) is 1. The Morgan fingerprint density at radius 1 is 1.11 bits per heavy atom. The lowest BCUT2D eigenvalue weighted by Gasteiger charge is -2.22. The third-order valence-corrected chi connectivity index (χ3v) is 5.03. The summed E-state index contributed by atoms with van der Waals surface area (Å²) in [5, 5.41) is 4.05. The van der Waals surface area contributed by atoms with Crippen molar-refractivity contribution in [3.05, 3.63) is 57.6 Å². The van der Waals surface area contributed by atoms with E-state index in [1.54, 1.807) is 6.07 Å². The van der Waals surface area contributed by atoms with E-state index in [1.165, 1.54) is 0 Å². The summed E-state index contributed by atoms with van der Waals surface area (Å²) in [7, 11) is 1.89. The first-order valence-corrected chi connectivity index (χ1v) is 9.49. The summed E-state index contributed by atoms with van der Waals surface area (Å²) in [4.78, 5) is 14.3. The van der Waals surface area contributed by atoms with Crippen molar-refractivity contribution in [1.29, 1.82) is 0 Å². The number of carbonyl (C=O) groups excluding carboxylic acids is 1. The number of halogens is 2. The number of amides is 1. The van der Waals surface area contributed by atoms with E-state index >= 15 is 0 Å². The van der Waals surface area contributed by atoms with Crippen LogP contribution in [0.25, 0.3) is 0 Å². The highest BCUT2D eigenvalue weighted by atomic mass is 35.5. The molecule has 0 bridgehead atoms. The van der Waals surface area contributed by atoms with Gasteiger partial charge in [-0.15, -0.1) is 0 Å². The predicted molar refractivity (Wildman–Crippen MR) is 107 cm³/mol. The first-order valence-electron chi connectivity index (χ1n) is 8.74. The maximum Gasteiger partial charge on any atom is 0.234 e. The van der Waals surface area contributed by atoms with Gasteiger partial charge in [-0.05, 0) is 49.4 Å². The number of hydrogen-bond acceptors (Lipinski definition) is 4. The van der Waals surface area contributed by atoms with Gasteiger partial charge in [0.05, 0.1) is 22.6 Å². The van der Waals surface area contributed by atoms with E-state index in [1.807, 2.05) is 49.2 Å². The van der Waals surface area contributed by atoms with Crippen LogP contribution >= 0.6 is 23.2 Å². The summed E-state index contributed by atoms with van der Waals surface area (Å²) in [5.74, 6) is 1.40. The van der Waals surface area contributed by atoms with Crippen LogP contribution in [0.2, 0.25) is 10.0 Å². The van der Waals surface area contributed by atoms with Crippen molar-refractivity contribution in [3.63, 3.8) is 0 Å². The summed E-state index contributed by atoms with van der Waals surface area (Å²) in [6.07, 6.45) is 0. The largest absolute Gasteiger partial charge is 0.486 e. The van der Waals surface area contributed by atoms with Crippen molar-refractivity contribution < 1.29 is 14.3 Å². The van der Waals surface area contributed by atoms with E-state index < -0.39 is 0 Å². The van der Waals surface area contributed by atoms with Crippen LogP contribution in [0.1, 0.15) is 24.1 Å². The molecule has 0 saturated carbocycles. The van der Waals surface area contributed by atoms with E-state index in [2.05, 4.69) is 5.32 Å². The second-order valence-electron chi connectivity index (χ2n) is 6.61. The van der Waals surface area contributed by atoms with Crippen LogP contribution in [-0.2, 0) is 11.3 Å². The van der Waals surface area contributed by atoms with Crippen LogP contribution in [0, 0.1) is 0 Å². The van der Waals surface area contributed by atoms with Crippen molar-refractivity contribution in [3.8, 4) is 11.5 Å². The predicted octanol–water partition coefficient (Wildman–Crippen LogP) is 4.07. The molecule has 3 rings (SSSR count). The number of carbonyl (C=O) groups is 1. The molecule has 1 aliphatic heterocycles. The van der Waals surface area contributed by atoms with Crippen molar-refractivity contribution >= 4 is 29.1 Å². The maximum absolute atomic E-state index is 12.4. The zero-order chi connectivity index (χ0) is 19.4. The van der Waals surface area contributed by atoms with Gasteiger partial charge in [0.1, 0.15) is 13.2 Å². The Morgan fingerprint density at radius 3 is 2.59 bits per heavy atom. The molecule has 2 aromatic rings. The molecule has 1 aliphatic rings. The van der Waals surface area contributed by atoms with Crippen LogP contribution in [0.5, 0.6) is 11.5 Å². The molecule has 1 amide bonds. The third kappa shape index (κ3) is 5.28. The lowest BCUT2D eigenvalue weighted by Crippen LogP contribution is -2.36. The van der Waals surface area contributed by atoms with Gasteiger partial charge in [-0.2, -0.15) is 0 Å². The zero-order valence-corrected chi connectivity index (χ0v) is 16.8. The Morgan fingerprint density at radius 2 is 1.85 bits per heavy atom. The fraction of sp³-hybridized carbons (Fsp3) is 0.350. The molecule has 2 aromatic carbocycles. The number of nitrogens with zero attached hydrogens (tertiary/aromatic N) is 1. The molecule has 144 valence electrons. The first kappa shape index (κ1) is 19.8. The average Bonchev–Trinajstić information content (AvgIpc) is 2.64. The fourth-order valence-electron chi connectivity index (χ4n) is 2.95. The number of benzene rings is 2. The van der Waals surface area contributed by atoms with Crippen molar-refractivity contribution in [2.45, 2.75) is 19.5 Å². The molecule has 0 aromatic heterocycles. The summed E-state index contributed by atoms with van der Waals surface area (Å²) < 4.78 is 11.1. The van der Waals surface area contributed by atoms with Crippen molar-refractivity contribution in [1.82, 2.24) is 10.2 Å². The van der Waals surface area contributed by atoms with E-state index in [0.29, 0.717) is 29.8 Å². The van der Waals surface area contributed by atoms with Crippen molar-refractivity contribution in [2.24, 2.45) is 0 Å². The molecule has 0 unspecified atom stereocenters. The van der Waals surface area contributed by atoms with Gasteiger partial charge < -0.3 is 14.8 Å². The smallest absolute Gasteiger partial charge is 0.234 e. The molecule has 1 atom stereocenters. The lowest BCUT2D eigenvalue weighted by molar-refractivity contribution is -0.122. The SMILES string of the molecule is C[C@H](NC(=O)CN(C)Cc1ccc(Cl)c(Cl)c1)c1ccc2c(c1)OCCO2. The van der Waals surface area contributed by atoms with Crippen LogP contribution in [0.3, 0.4) is 0 Å². The molecule has 27 heavy (non-hydrogen) atoms. The minimum Gasteiger partial charge on any atom is -0.486 e. The standard InChI is InChI=1S/C20H22Cl2N2O3/c1-13(15-4-6-18-19(10-15)27-8-7-26-18)23-20(25)12-24(2)11-14-3-5-16(21)17(22)9-14/h3-6,9-10,13H,7-8,11-12H2,1-2H3,(H,23,25)/t13-/m0/s1. The average molecular weight is 409 g/mol. The van der Waals surface area contributed by atoms with Crippen molar-refractivity contribution in [2.75, 3.05) is 26.8 Å². The van der Waals surface area contributed by atoms with Crippen LogP contribution in [0.4, 0.5) is 0 Å². The van der Waals surface area contributed by atoms with E-state index in [0.717, 1.165) is 22.6 Å². The molecule has 7 heteroatoms. The zero-order valence-electron chi connectivity index (χ0n) is 15.3. The van der Waals surface area contributed by atoms with Gasteiger partial charge >= 0.3 is 0 Å². The second-order valence-corrected chi connectivity index (χ2v) is 7.43. The molecule has 0 spiro atoms. The van der Waals surface area contributed by atoms with Gasteiger partial charge in [-0.25, -0.2) is 0 Å². The topological polar surface area (TPSA) is 50.8 Å². The normalized spacial score (nSPS) is 14.1. The lowest BCUT2D eigenvalue weighted by atomic mass is 10.1. The van der Waals surface area contributed by atoms with Gasteiger partial charge in [-0.3, -0.25) is 9.69 Å². The van der Waals surface area contributed by atoms with Gasteiger partial charge in [-0.1, -0.05) is 35.3 Å². The monoisotopic (exact) mass is 408 g/mol.